The Kier molecular flexibility index (Phi) is 4.19. The van der Waals surface area contributed by atoms with Gasteiger partial charge < -0.3 is 14.2 Å². The molecule has 6 heteroatoms. The molecule has 0 unspecified atom stereocenters. The number of amides is 1. The third kappa shape index (κ3) is 3.13. The normalized spacial score (nSPS) is 19.3. The Morgan fingerprint density at radius 2 is 2.37 bits per heavy atom. The van der Waals surface area contributed by atoms with Gasteiger partial charge in [-0.25, -0.2) is 0 Å². The van der Waals surface area contributed by atoms with Crippen molar-refractivity contribution >= 4 is 11.9 Å². The van der Waals surface area contributed by atoms with Crippen LogP contribution in [-0.2, 0) is 9.53 Å². The summed E-state index contributed by atoms with van der Waals surface area (Å²) in [4.78, 5) is 25.5. The summed E-state index contributed by atoms with van der Waals surface area (Å²) in [6.07, 6.45) is 1.56. The van der Waals surface area contributed by atoms with Crippen LogP contribution in [0.15, 0.2) is 10.6 Å². The lowest BCUT2D eigenvalue weighted by atomic mass is 9.98. The first kappa shape index (κ1) is 13.6. The van der Waals surface area contributed by atoms with Crippen LogP contribution in [-0.4, -0.2) is 41.6 Å². The number of aryl methyl sites for hydroxylation is 1. The highest BCUT2D eigenvalue weighted by Crippen LogP contribution is 2.19. The summed E-state index contributed by atoms with van der Waals surface area (Å²) in [6.45, 7) is 4.92. The third-order valence-electron chi connectivity index (χ3n) is 3.18. The van der Waals surface area contributed by atoms with Gasteiger partial charge in [0, 0.05) is 19.2 Å². The van der Waals surface area contributed by atoms with Crippen molar-refractivity contribution < 1.29 is 18.8 Å². The zero-order valence-electron chi connectivity index (χ0n) is 11.2. The van der Waals surface area contributed by atoms with Crippen molar-refractivity contribution in [2.75, 3.05) is 19.7 Å². The van der Waals surface area contributed by atoms with E-state index < -0.39 is 0 Å². The number of esters is 1. The van der Waals surface area contributed by atoms with E-state index in [1.54, 1.807) is 24.8 Å². The molecule has 0 aliphatic carbocycles. The minimum atomic E-state index is -0.231. The molecule has 0 saturated carbocycles. The standard InChI is InChI=1S/C13H18N2O4/c1-3-18-13(17)10-5-4-6-15(8-10)12(16)11-7-9(2)19-14-11/h7,10H,3-6,8H2,1-2H3/t10-/m0/s1. The highest BCUT2D eigenvalue weighted by molar-refractivity contribution is 5.92. The Bertz CT molecular complexity index is 469. The molecule has 1 aliphatic rings. The fourth-order valence-electron chi connectivity index (χ4n) is 2.24. The predicted octanol–water partition coefficient (Wildman–Crippen LogP) is 1.40. The van der Waals surface area contributed by atoms with E-state index >= 15 is 0 Å². The minimum Gasteiger partial charge on any atom is -0.466 e. The number of piperidine rings is 1. The molecule has 0 bridgehead atoms. The largest absolute Gasteiger partial charge is 0.466 e. The molecule has 2 heterocycles. The summed E-state index contributed by atoms with van der Waals surface area (Å²) >= 11 is 0. The molecule has 2 rings (SSSR count). The molecule has 0 spiro atoms. The highest BCUT2D eigenvalue weighted by Gasteiger charge is 2.30. The van der Waals surface area contributed by atoms with E-state index in [0.29, 0.717) is 31.2 Å². The predicted molar refractivity (Wildman–Crippen MR) is 66.5 cm³/mol. The van der Waals surface area contributed by atoms with E-state index in [1.165, 1.54) is 0 Å². The van der Waals surface area contributed by atoms with Gasteiger partial charge in [0.25, 0.3) is 5.91 Å². The van der Waals surface area contributed by atoms with Gasteiger partial charge in [-0.2, -0.15) is 0 Å². The Hall–Kier alpha value is -1.85. The molecule has 0 N–H and O–H groups in total. The molecular formula is C13H18N2O4. The molecule has 1 amide bonds. The van der Waals surface area contributed by atoms with Crippen molar-refractivity contribution in [2.24, 2.45) is 5.92 Å². The fourth-order valence-corrected chi connectivity index (χ4v) is 2.24. The van der Waals surface area contributed by atoms with Gasteiger partial charge in [0.15, 0.2) is 5.69 Å². The monoisotopic (exact) mass is 266 g/mol. The van der Waals surface area contributed by atoms with Crippen LogP contribution < -0.4 is 0 Å². The van der Waals surface area contributed by atoms with Gasteiger partial charge in [-0.15, -0.1) is 0 Å². The van der Waals surface area contributed by atoms with Crippen LogP contribution in [0, 0.1) is 12.8 Å². The van der Waals surface area contributed by atoms with Crippen molar-refractivity contribution in [2.45, 2.75) is 26.7 Å². The molecule has 1 aliphatic heterocycles. The molecule has 0 radical (unpaired) electrons. The van der Waals surface area contributed by atoms with Gasteiger partial charge in [-0.05, 0) is 26.7 Å². The van der Waals surface area contributed by atoms with Gasteiger partial charge in [0.05, 0.1) is 12.5 Å². The summed E-state index contributed by atoms with van der Waals surface area (Å²) in [5.41, 5.74) is 0.294. The van der Waals surface area contributed by atoms with Crippen molar-refractivity contribution in [1.29, 1.82) is 0 Å². The number of carbonyl (C=O) groups is 2. The van der Waals surface area contributed by atoms with Crippen LogP contribution in [0.5, 0.6) is 0 Å². The Morgan fingerprint density at radius 1 is 1.58 bits per heavy atom. The smallest absolute Gasteiger partial charge is 0.310 e. The first-order valence-corrected chi connectivity index (χ1v) is 6.51. The van der Waals surface area contributed by atoms with E-state index in [1.807, 2.05) is 0 Å². The molecular weight excluding hydrogens is 248 g/mol. The maximum absolute atomic E-state index is 12.2. The number of nitrogens with zero attached hydrogens (tertiary/aromatic N) is 2. The van der Waals surface area contributed by atoms with Crippen LogP contribution in [0.4, 0.5) is 0 Å². The maximum Gasteiger partial charge on any atom is 0.310 e. The van der Waals surface area contributed by atoms with Gasteiger partial charge in [-0.1, -0.05) is 5.16 Å². The Morgan fingerprint density at radius 3 is 3.00 bits per heavy atom. The van der Waals surface area contributed by atoms with Crippen molar-refractivity contribution in [3.63, 3.8) is 0 Å². The second-order valence-corrected chi connectivity index (χ2v) is 4.67. The minimum absolute atomic E-state index is 0.189. The molecule has 1 aromatic heterocycles. The van der Waals surface area contributed by atoms with Gasteiger partial charge in [0.2, 0.25) is 0 Å². The van der Waals surface area contributed by atoms with Crippen LogP contribution >= 0.6 is 0 Å². The molecule has 1 fully saturated rings. The molecule has 1 atom stereocenters. The van der Waals surface area contributed by atoms with Gasteiger partial charge in [0.1, 0.15) is 5.76 Å². The number of hydrogen-bond acceptors (Lipinski definition) is 5. The van der Waals surface area contributed by atoms with Crippen LogP contribution in [0.1, 0.15) is 36.0 Å². The number of ether oxygens (including phenoxy) is 1. The summed E-state index contributed by atoms with van der Waals surface area (Å²) in [5.74, 6) is -0.0462. The molecule has 0 aromatic carbocycles. The molecule has 6 nitrogen and oxygen atoms in total. The van der Waals surface area contributed by atoms with Crippen molar-refractivity contribution in [3.8, 4) is 0 Å². The van der Waals surface area contributed by atoms with E-state index in [4.69, 9.17) is 9.26 Å². The maximum atomic E-state index is 12.2. The van der Waals surface area contributed by atoms with Crippen molar-refractivity contribution in [1.82, 2.24) is 10.1 Å². The number of hydrogen-bond donors (Lipinski definition) is 0. The quantitative estimate of drug-likeness (QED) is 0.773. The third-order valence-corrected chi connectivity index (χ3v) is 3.18. The second-order valence-electron chi connectivity index (χ2n) is 4.67. The first-order valence-electron chi connectivity index (χ1n) is 6.51. The van der Waals surface area contributed by atoms with E-state index in [9.17, 15) is 9.59 Å². The van der Waals surface area contributed by atoms with Crippen molar-refractivity contribution in [3.05, 3.63) is 17.5 Å². The lowest BCUT2D eigenvalue weighted by Gasteiger charge is -2.30. The topological polar surface area (TPSA) is 72.6 Å². The van der Waals surface area contributed by atoms with Crippen LogP contribution in [0.25, 0.3) is 0 Å². The average molecular weight is 266 g/mol. The SMILES string of the molecule is CCOC(=O)[C@H]1CCCN(C(=O)c2cc(C)on2)C1. The lowest BCUT2D eigenvalue weighted by Crippen LogP contribution is -2.42. The summed E-state index contributed by atoms with van der Waals surface area (Å²) in [5, 5.41) is 3.71. The first-order chi connectivity index (χ1) is 9.11. The van der Waals surface area contributed by atoms with Gasteiger partial charge in [-0.3, -0.25) is 9.59 Å². The Balaban J connectivity index is 2.01. The molecule has 104 valence electrons. The second kappa shape index (κ2) is 5.86. The summed E-state index contributed by atoms with van der Waals surface area (Å²) in [6, 6.07) is 1.61. The number of aromatic nitrogens is 1. The van der Waals surface area contributed by atoms with E-state index in [2.05, 4.69) is 5.16 Å². The summed E-state index contributed by atoms with van der Waals surface area (Å²) in [7, 11) is 0. The zero-order valence-corrected chi connectivity index (χ0v) is 11.2. The molecule has 1 aromatic rings. The van der Waals surface area contributed by atoms with E-state index in [-0.39, 0.29) is 17.8 Å². The summed E-state index contributed by atoms with van der Waals surface area (Å²) < 4.78 is 9.91. The average Bonchev–Trinajstić information content (AvgIpc) is 2.85. The van der Waals surface area contributed by atoms with E-state index in [0.717, 1.165) is 12.8 Å². The molecule has 1 saturated heterocycles. The number of rotatable bonds is 3. The fraction of sp³-hybridized carbons (Fsp3) is 0.615. The van der Waals surface area contributed by atoms with Crippen LogP contribution in [0.2, 0.25) is 0 Å². The van der Waals surface area contributed by atoms with Gasteiger partial charge >= 0.3 is 5.97 Å². The van der Waals surface area contributed by atoms with Crippen LogP contribution in [0.3, 0.4) is 0 Å². The number of likely N-dealkylation sites (tertiary alicyclic amines) is 1. The number of carbonyl (C=O) groups excluding carboxylic acids is 2. The highest BCUT2D eigenvalue weighted by atomic mass is 16.5. The zero-order chi connectivity index (χ0) is 13.8. The molecule has 19 heavy (non-hydrogen) atoms. The Labute approximate surface area is 111 Å². The lowest BCUT2D eigenvalue weighted by molar-refractivity contribution is -0.149.